The molecule has 0 aromatic carbocycles. The molecule has 0 aliphatic heterocycles. The molecule has 2 rings (SSSR count). The summed E-state index contributed by atoms with van der Waals surface area (Å²) >= 11 is 0. The van der Waals surface area contributed by atoms with Gasteiger partial charge in [-0.2, -0.15) is 23.1 Å². The molecule has 2 aromatic rings. The zero-order valence-corrected chi connectivity index (χ0v) is 13.8. The van der Waals surface area contributed by atoms with Crippen molar-refractivity contribution in [1.29, 1.82) is 0 Å². The lowest BCUT2D eigenvalue weighted by atomic mass is 10.2. The van der Waals surface area contributed by atoms with Crippen LogP contribution in [0.4, 0.5) is 24.9 Å². The zero-order chi connectivity index (χ0) is 17.9. The number of anilines is 2. The van der Waals surface area contributed by atoms with Crippen LogP contribution < -0.4 is 10.2 Å². The van der Waals surface area contributed by atoms with Gasteiger partial charge in [0, 0.05) is 39.0 Å². The van der Waals surface area contributed by atoms with E-state index in [0.29, 0.717) is 18.1 Å². The Bertz CT molecular complexity index is 683. The predicted octanol–water partition coefficient (Wildman–Crippen LogP) is 2.72. The highest BCUT2D eigenvalue weighted by atomic mass is 19.4. The fourth-order valence-electron chi connectivity index (χ4n) is 1.77. The van der Waals surface area contributed by atoms with E-state index < -0.39 is 11.9 Å². The minimum absolute atomic E-state index is 0.0999. The Kier molecular flexibility index (Phi) is 5.25. The van der Waals surface area contributed by atoms with E-state index in [0.717, 1.165) is 6.07 Å². The van der Waals surface area contributed by atoms with Gasteiger partial charge in [0.1, 0.15) is 5.82 Å². The van der Waals surface area contributed by atoms with Gasteiger partial charge in [0.25, 0.3) is 0 Å². The van der Waals surface area contributed by atoms with E-state index in [4.69, 9.17) is 4.52 Å². The first-order chi connectivity index (χ1) is 11.2. The first kappa shape index (κ1) is 18.0. The summed E-state index contributed by atoms with van der Waals surface area (Å²) in [6, 6.07) is 0.901. The van der Waals surface area contributed by atoms with Crippen LogP contribution in [0.3, 0.4) is 0 Å². The maximum absolute atomic E-state index is 12.9. The summed E-state index contributed by atoms with van der Waals surface area (Å²) < 4.78 is 43.8. The highest BCUT2D eigenvalue weighted by Gasteiger charge is 2.34. The molecule has 2 heterocycles. The summed E-state index contributed by atoms with van der Waals surface area (Å²) in [6.07, 6.45) is -4.18. The van der Waals surface area contributed by atoms with Crippen LogP contribution in [0.2, 0.25) is 0 Å². The number of rotatable bonds is 6. The maximum Gasteiger partial charge on any atom is 0.433 e. The van der Waals surface area contributed by atoms with Crippen molar-refractivity contribution in [3.63, 3.8) is 0 Å². The van der Waals surface area contributed by atoms with Crippen molar-refractivity contribution in [1.82, 2.24) is 20.1 Å². The molecule has 132 valence electrons. The summed E-state index contributed by atoms with van der Waals surface area (Å²) in [6.45, 7) is 4.15. The SMILES string of the molecule is CC(C)c1noc(CCNc2nc(N(C)C)cc(C(F)(F)F)n2)n1. The van der Waals surface area contributed by atoms with Crippen LogP contribution >= 0.6 is 0 Å². The molecule has 0 spiro atoms. The standard InChI is InChI=1S/C14H19F3N6O/c1-8(2)12-21-11(24-22-12)5-6-18-13-19-9(14(15,16)17)7-10(20-13)23(3)4/h7-8H,5-6H2,1-4H3,(H,18,19,20). The van der Waals surface area contributed by atoms with Crippen molar-refractivity contribution in [2.45, 2.75) is 32.4 Å². The average Bonchev–Trinajstić information content (AvgIpc) is 2.95. The van der Waals surface area contributed by atoms with E-state index in [2.05, 4.69) is 25.4 Å². The third-order valence-corrected chi connectivity index (χ3v) is 3.08. The fraction of sp³-hybridized carbons (Fsp3) is 0.571. The van der Waals surface area contributed by atoms with E-state index in [1.54, 1.807) is 14.1 Å². The zero-order valence-electron chi connectivity index (χ0n) is 13.8. The van der Waals surface area contributed by atoms with Crippen molar-refractivity contribution in [2.75, 3.05) is 30.9 Å². The Balaban J connectivity index is 2.06. The summed E-state index contributed by atoms with van der Waals surface area (Å²) in [4.78, 5) is 13.2. The molecule has 1 N–H and O–H groups in total. The van der Waals surface area contributed by atoms with Crippen LogP contribution in [0, 0.1) is 0 Å². The van der Waals surface area contributed by atoms with Gasteiger partial charge in [0.15, 0.2) is 11.5 Å². The molecule has 7 nitrogen and oxygen atoms in total. The molecule has 10 heteroatoms. The van der Waals surface area contributed by atoms with Crippen molar-refractivity contribution >= 4 is 11.8 Å². The third kappa shape index (κ3) is 4.56. The smallest absolute Gasteiger partial charge is 0.363 e. The highest BCUT2D eigenvalue weighted by molar-refractivity contribution is 5.44. The van der Waals surface area contributed by atoms with Crippen LogP contribution in [0.1, 0.15) is 37.2 Å². The van der Waals surface area contributed by atoms with Gasteiger partial charge in [-0.1, -0.05) is 19.0 Å². The molecule has 0 radical (unpaired) electrons. The molecule has 0 aliphatic carbocycles. The van der Waals surface area contributed by atoms with Crippen LogP contribution in [-0.4, -0.2) is 40.7 Å². The van der Waals surface area contributed by atoms with Gasteiger partial charge >= 0.3 is 6.18 Å². The lowest BCUT2D eigenvalue weighted by Crippen LogP contribution is -2.18. The van der Waals surface area contributed by atoms with E-state index in [9.17, 15) is 13.2 Å². The number of nitrogens with one attached hydrogen (secondary N) is 1. The van der Waals surface area contributed by atoms with Gasteiger partial charge in [-0.3, -0.25) is 0 Å². The molecule has 0 saturated carbocycles. The number of nitrogens with zero attached hydrogens (tertiary/aromatic N) is 5. The number of aromatic nitrogens is 4. The molecular weight excluding hydrogens is 325 g/mol. The minimum Gasteiger partial charge on any atom is -0.363 e. The van der Waals surface area contributed by atoms with Crippen LogP contribution in [0.15, 0.2) is 10.6 Å². The molecule has 0 amide bonds. The number of hydrogen-bond acceptors (Lipinski definition) is 7. The number of alkyl halides is 3. The Morgan fingerprint density at radius 3 is 2.46 bits per heavy atom. The molecule has 0 atom stereocenters. The molecule has 0 unspecified atom stereocenters. The Hall–Kier alpha value is -2.39. The molecule has 0 saturated heterocycles. The minimum atomic E-state index is -4.54. The van der Waals surface area contributed by atoms with Gasteiger partial charge in [-0.15, -0.1) is 0 Å². The van der Waals surface area contributed by atoms with Crippen LogP contribution in [0.25, 0.3) is 0 Å². The summed E-state index contributed by atoms with van der Waals surface area (Å²) in [5.74, 6) is 1.21. The normalized spacial score (nSPS) is 11.8. The van der Waals surface area contributed by atoms with E-state index in [-0.39, 0.29) is 24.2 Å². The van der Waals surface area contributed by atoms with Crippen LogP contribution in [-0.2, 0) is 12.6 Å². The number of halogens is 3. The van der Waals surface area contributed by atoms with Crippen molar-refractivity contribution in [2.24, 2.45) is 0 Å². The molecular formula is C14H19F3N6O. The topological polar surface area (TPSA) is 80.0 Å². The molecule has 24 heavy (non-hydrogen) atoms. The Labute approximate surface area is 137 Å². The molecule has 2 aromatic heterocycles. The lowest BCUT2D eigenvalue weighted by Gasteiger charge is -2.15. The molecule has 0 bridgehead atoms. The van der Waals surface area contributed by atoms with E-state index >= 15 is 0 Å². The summed E-state index contributed by atoms with van der Waals surface area (Å²) in [5, 5.41) is 6.59. The van der Waals surface area contributed by atoms with E-state index in [1.807, 2.05) is 13.8 Å². The lowest BCUT2D eigenvalue weighted by molar-refractivity contribution is -0.141. The largest absolute Gasteiger partial charge is 0.433 e. The molecule has 0 fully saturated rings. The number of hydrogen-bond donors (Lipinski definition) is 1. The monoisotopic (exact) mass is 344 g/mol. The van der Waals surface area contributed by atoms with Crippen molar-refractivity contribution in [3.8, 4) is 0 Å². The second kappa shape index (κ2) is 7.02. The van der Waals surface area contributed by atoms with Gasteiger partial charge in [0.05, 0.1) is 0 Å². The second-order valence-electron chi connectivity index (χ2n) is 5.70. The molecule has 0 aliphatic rings. The van der Waals surface area contributed by atoms with Gasteiger partial charge in [0.2, 0.25) is 11.8 Å². The first-order valence-electron chi connectivity index (χ1n) is 7.36. The van der Waals surface area contributed by atoms with Crippen molar-refractivity contribution in [3.05, 3.63) is 23.5 Å². The van der Waals surface area contributed by atoms with Crippen molar-refractivity contribution < 1.29 is 17.7 Å². The second-order valence-corrected chi connectivity index (χ2v) is 5.70. The predicted molar refractivity (Wildman–Crippen MR) is 81.9 cm³/mol. The highest BCUT2D eigenvalue weighted by Crippen LogP contribution is 2.30. The average molecular weight is 344 g/mol. The summed E-state index contributed by atoms with van der Waals surface area (Å²) in [7, 11) is 3.22. The van der Waals surface area contributed by atoms with Crippen LogP contribution in [0.5, 0.6) is 0 Å². The van der Waals surface area contributed by atoms with Gasteiger partial charge < -0.3 is 14.7 Å². The van der Waals surface area contributed by atoms with Gasteiger partial charge in [-0.25, -0.2) is 4.98 Å². The Morgan fingerprint density at radius 2 is 1.92 bits per heavy atom. The fourth-order valence-corrected chi connectivity index (χ4v) is 1.77. The third-order valence-electron chi connectivity index (χ3n) is 3.08. The maximum atomic E-state index is 12.9. The van der Waals surface area contributed by atoms with E-state index in [1.165, 1.54) is 4.90 Å². The quantitative estimate of drug-likeness (QED) is 0.863. The van der Waals surface area contributed by atoms with Gasteiger partial charge in [-0.05, 0) is 0 Å². The summed E-state index contributed by atoms with van der Waals surface area (Å²) in [5.41, 5.74) is -0.997. The Morgan fingerprint density at radius 1 is 1.21 bits per heavy atom. The first-order valence-corrected chi connectivity index (χ1v) is 7.36.